The number of nitro groups is 1. The average molecular weight is 340 g/mol. The molecule has 1 unspecified atom stereocenters. The van der Waals surface area contributed by atoms with Gasteiger partial charge in [-0.3, -0.25) is 14.9 Å². The number of nitrogens with zero attached hydrogens (tertiary/aromatic N) is 2. The lowest BCUT2D eigenvalue weighted by Crippen LogP contribution is -2.44. The SMILES string of the molecule is CC(C(=O)Nc1ccccc1[N+](=O)[O-])N1CCCc2c(N)cccc21. The second kappa shape index (κ2) is 6.80. The molecular weight excluding hydrogens is 320 g/mol. The van der Waals surface area contributed by atoms with Crippen LogP contribution in [0, 0.1) is 10.1 Å². The van der Waals surface area contributed by atoms with E-state index in [9.17, 15) is 14.9 Å². The lowest BCUT2D eigenvalue weighted by atomic mass is 9.98. The summed E-state index contributed by atoms with van der Waals surface area (Å²) in [4.78, 5) is 25.3. The van der Waals surface area contributed by atoms with Crippen LogP contribution >= 0.6 is 0 Å². The Bertz CT molecular complexity index is 822. The largest absolute Gasteiger partial charge is 0.398 e. The van der Waals surface area contributed by atoms with E-state index in [1.165, 1.54) is 12.1 Å². The zero-order chi connectivity index (χ0) is 18.0. The predicted octanol–water partition coefficient (Wildman–Crippen LogP) is 2.96. The fourth-order valence-corrected chi connectivity index (χ4v) is 3.20. The summed E-state index contributed by atoms with van der Waals surface area (Å²) in [5, 5.41) is 13.8. The van der Waals surface area contributed by atoms with Crippen LogP contribution < -0.4 is 16.0 Å². The second-order valence-electron chi connectivity index (χ2n) is 6.08. The number of nitro benzene ring substituents is 1. The number of carbonyl (C=O) groups is 1. The first kappa shape index (κ1) is 16.8. The summed E-state index contributed by atoms with van der Waals surface area (Å²) in [6.45, 7) is 2.53. The summed E-state index contributed by atoms with van der Waals surface area (Å²) in [6, 6.07) is 11.4. The van der Waals surface area contributed by atoms with Crippen LogP contribution in [0.3, 0.4) is 0 Å². The predicted molar refractivity (Wildman–Crippen MR) is 97.7 cm³/mol. The van der Waals surface area contributed by atoms with Crippen molar-refractivity contribution in [1.82, 2.24) is 0 Å². The summed E-state index contributed by atoms with van der Waals surface area (Å²) in [5.41, 5.74) is 8.88. The van der Waals surface area contributed by atoms with Gasteiger partial charge in [0.05, 0.1) is 4.92 Å². The third-order valence-electron chi connectivity index (χ3n) is 4.53. The van der Waals surface area contributed by atoms with E-state index in [4.69, 9.17) is 5.73 Å². The summed E-state index contributed by atoms with van der Waals surface area (Å²) in [7, 11) is 0. The van der Waals surface area contributed by atoms with Gasteiger partial charge in [0.1, 0.15) is 11.7 Å². The van der Waals surface area contributed by atoms with E-state index in [0.717, 1.165) is 36.3 Å². The van der Waals surface area contributed by atoms with E-state index in [-0.39, 0.29) is 17.3 Å². The maximum atomic E-state index is 12.7. The number of fused-ring (bicyclic) bond motifs is 1. The maximum absolute atomic E-state index is 12.7. The number of carbonyl (C=O) groups excluding carboxylic acids is 1. The third-order valence-corrected chi connectivity index (χ3v) is 4.53. The molecule has 7 nitrogen and oxygen atoms in total. The smallest absolute Gasteiger partial charge is 0.292 e. The number of hydrogen-bond acceptors (Lipinski definition) is 5. The van der Waals surface area contributed by atoms with E-state index in [2.05, 4.69) is 5.32 Å². The first-order chi connectivity index (χ1) is 12.0. The van der Waals surface area contributed by atoms with Gasteiger partial charge in [0, 0.05) is 24.0 Å². The number of nitrogens with two attached hydrogens (primary N) is 1. The molecule has 2 aromatic carbocycles. The fourth-order valence-electron chi connectivity index (χ4n) is 3.20. The molecule has 3 N–H and O–H groups in total. The van der Waals surface area contributed by atoms with Gasteiger partial charge in [-0.2, -0.15) is 0 Å². The molecule has 0 aliphatic carbocycles. The molecule has 1 aliphatic rings. The quantitative estimate of drug-likeness (QED) is 0.506. The van der Waals surface area contributed by atoms with Crippen molar-refractivity contribution < 1.29 is 9.72 Å². The first-order valence-electron chi connectivity index (χ1n) is 8.17. The highest BCUT2D eigenvalue weighted by Gasteiger charge is 2.28. The van der Waals surface area contributed by atoms with Crippen molar-refractivity contribution in [2.24, 2.45) is 0 Å². The van der Waals surface area contributed by atoms with Gasteiger partial charge in [-0.1, -0.05) is 18.2 Å². The van der Waals surface area contributed by atoms with Crippen molar-refractivity contribution in [2.45, 2.75) is 25.8 Å². The molecule has 3 rings (SSSR count). The van der Waals surface area contributed by atoms with Gasteiger partial charge in [0.25, 0.3) is 5.69 Å². The second-order valence-corrected chi connectivity index (χ2v) is 6.08. The maximum Gasteiger partial charge on any atom is 0.292 e. The van der Waals surface area contributed by atoms with E-state index in [1.807, 2.05) is 23.1 Å². The number of para-hydroxylation sites is 2. The average Bonchev–Trinajstić information content (AvgIpc) is 2.61. The van der Waals surface area contributed by atoms with Crippen molar-refractivity contribution >= 4 is 28.7 Å². The van der Waals surface area contributed by atoms with Crippen LogP contribution in [-0.4, -0.2) is 23.4 Å². The Morgan fingerprint density at radius 2 is 2.04 bits per heavy atom. The monoisotopic (exact) mass is 340 g/mol. The minimum Gasteiger partial charge on any atom is -0.398 e. The molecule has 0 saturated carbocycles. The highest BCUT2D eigenvalue weighted by atomic mass is 16.6. The molecule has 0 fully saturated rings. The van der Waals surface area contributed by atoms with Crippen LogP contribution in [0.1, 0.15) is 18.9 Å². The Labute approximate surface area is 145 Å². The van der Waals surface area contributed by atoms with Crippen LogP contribution in [-0.2, 0) is 11.2 Å². The van der Waals surface area contributed by atoms with Gasteiger partial charge >= 0.3 is 0 Å². The Morgan fingerprint density at radius 1 is 1.28 bits per heavy atom. The number of anilines is 3. The van der Waals surface area contributed by atoms with Crippen molar-refractivity contribution in [3.63, 3.8) is 0 Å². The minimum absolute atomic E-state index is 0.119. The number of nitrogens with one attached hydrogen (secondary N) is 1. The van der Waals surface area contributed by atoms with Gasteiger partial charge < -0.3 is 16.0 Å². The molecule has 1 aliphatic heterocycles. The molecule has 0 aromatic heterocycles. The summed E-state index contributed by atoms with van der Waals surface area (Å²) < 4.78 is 0. The van der Waals surface area contributed by atoms with Gasteiger partial charge in [0.15, 0.2) is 0 Å². The highest BCUT2D eigenvalue weighted by Crippen LogP contribution is 2.33. The Morgan fingerprint density at radius 3 is 2.80 bits per heavy atom. The van der Waals surface area contributed by atoms with Crippen LogP contribution in [0.5, 0.6) is 0 Å². The number of amides is 1. The molecule has 7 heteroatoms. The Kier molecular flexibility index (Phi) is 4.56. The van der Waals surface area contributed by atoms with Crippen molar-refractivity contribution in [1.29, 1.82) is 0 Å². The van der Waals surface area contributed by atoms with E-state index >= 15 is 0 Å². The topological polar surface area (TPSA) is 101 Å². The van der Waals surface area contributed by atoms with Crippen LogP contribution in [0.4, 0.5) is 22.7 Å². The lowest BCUT2D eigenvalue weighted by molar-refractivity contribution is -0.383. The molecule has 0 saturated heterocycles. The molecule has 0 bridgehead atoms. The minimum atomic E-state index is -0.503. The normalized spacial score (nSPS) is 14.5. The number of nitrogen functional groups attached to an aromatic ring is 1. The zero-order valence-corrected chi connectivity index (χ0v) is 13.9. The van der Waals surface area contributed by atoms with Gasteiger partial charge in [-0.25, -0.2) is 0 Å². The van der Waals surface area contributed by atoms with E-state index in [0.29, 0.717) is 0 Å². The fraction of sp³-hybridized carbons (Fsp3) is 0.278. The molecule has 1 amide bonds. The molecule has 1 atom stereocenters. The van der Waals surface area contributed by atoms with Gasteiger partial charge in [0.2, 0.25) is 5.91 Å². The summed E-state index contributed by atoms with van der Waals surface area (Å²) in [6.07, 6.45) is 1.79. The van der Waals surface area contributed by atoms with Crippen molar-refractivity contribution in [3.8, 4) is 0 Å². The molecule has 130 valence electrons. The van der Waals surface area contributed by atoms with Crippen LogP contribution in [0.2, 0.25) is 0 Å². The molecule has 0 spiro atoms. The number of hydrogen-bond donors (Lipinski definition) is 2. The van der Waals surface area contributed by atoms with Crippen molar-refractivity contribution in [3.05, 3.63) is 58.1 Å². The van der Waals surface area contributed by atoms with Crippen LogP contribution in [0.25, 0.3) is 0 Å². The molecule has 1 heterocycles. The van der Waals surface area contributed by atoms with E-state index < -0.39 is 11.0 Å². The molecule has 2 aromatic rings. The summed E-state index contributed by atoms with van der Waals surface area (Å²) >= 11 is 0. The Hall–Kier alpha value is -3.09. The summed E-state index contributed by atoms with van der Waals surface area (Å²) in [5.74, 6) is -0.287. The molecule has 0 radical (unpaired) electrons. The number of benzene rings is 2. The van der Waals surface area contributed by atoms with Crippen molar-refractivity contribution in [2.75, 3.05) is 22.5 Å². The number of rotatable bonds is 4. The van der Waals surface area contributed by atoms with E-state index in [1.54, 1.807) is 19.1 Å². The molecular formula is C18H20N4O3. The first-order valence-corrected chi connectivity index (χ1v) is 8.17. The standard InChI is InChI=1S/C18H20N4O3/c1-12(18(23)20-15-8-2-3-9-17(15)22(24)25)21-11-5-6-13-14(19)7-4-10-16(13)21/h2-4,7-10,12H,5-6,11,19H2,1H3,(H,20,23). The Balaban J connectivity index is 1.83. The lowest BCUT2D eigenvalue weighted by Gasteiger charge is -2.35. The third kappa shape index (κ3) is 3.26. The van der Waals surface area contributed by atoms with Gasteiger partial charge in [-0.05, 0) is 43.5 Å². The van der Waals surface area contributed by atoms with Gasteiger partial charge in [-0.15, -0.1) is 0 Å². The highest BCUT2D eigenvalue weighted by molar-refractivity contribution is 5.98. The zero-order valence-electron chi connectivity index (χ0n) is 13.9. The molecule has 25 heavy (non-hydrogen) atoms. The van der Waals surface area contributed by atoms with Crippen LogP contribution in [0.15, 0.2) is 42.5 Å².